The van der Waals surface area contributed by atoms with Gasteiger partial charge in [-0.05, 0) is 40.2 Å². The topological polar surface area (TPSA) is 44.9 Å². The summed E-state index contributed by atoms with van der Waals surface area (Å²) in [5.74, 6) is 0.725. The maximum absolute atomic E-state index is 6.11. The van der Waals surface area contributed by atoms with E-state index in [-0.39, 0.29) is 5.54 Å². The Morgan fingerprint density at radius 1 is 1.18 bits per heavy atom. The van der Waals surface area contributed by atoms with Crippen LogP contribution in [0.15, 0.2) is 4.99 Å². The number of rotatable bonds is 0. The quantitative estimate of drug-likeness (QED) is 0.510. The van der Waals surface area contributed by atoms with Gasteiger partial charge in [0, 0.05) is 25.7 Å². The summed E-state index contributed by atoms with van der Waals surface area (Å²) in [6.07, 6.45) is 4.05. The fraction of sp³-hybridized carbons (Fsp3) is 0.923. The van der Waals surface area contributed by atoms with Gasteiger partial charge in [-0.2, -0.15) is 0 Å². The van der Waals surface area contributed by atoms with Gasteiger partial charge >= 0.3 is 0 Å². The van der Waals surface area contributed by atoms with Crippen molar-refractivity contribution < 1.29 is 0 Å². The molecule has 0 aromatic heterocycles. The Kier molecular flexibility index (Phi) is 3.61. The van der Waals surface area contributed by atoms with Gasteiger partial charge in [0.2, 0.25) is 0 Å². The molecule has 17 heavy (non-hydrogen) atoms. The lowest BCUT2D eigenvalue weighted by Gasteiger charge is -2.44. The van der Waals surface area contributed by atoms with Gasteiger partial charge in [-0.1, -0.05) is 6.42 Å². The van der Waals surface area contributed by atoms with Crippen molar-refractivity contribution in [3.05, 3.63) is 0 Å². The number of piperazine rings is 1. The number of guanidine groups is 1. The molecule has 0 bridgehead atoms. The lowest BCUT2D eigenvalue weighted by molar-refractivity contribution is 0.0793. The second kappa shape index (κ2) is 4.84. The molecule has 0 saturated carbocycles. The maximum Gasteiger partial charge on any atom is 0.191 e. The maximum atomic E-state index is 6.11. The summed E-state index contributed by atoms with van der Waals surface area (Å²) in [5.41, 5.74) is 6.04. The molecular formula is C13H26N4. The Labute approximate surface area is 105 Å². The molecule has 2 aliphatic rings. The first-order chi connectivity index (χ1) is 7.96. The van der Waals surface area contributed by atoms with E-state index < -0.39 is 0 Å². The third-order valence-electron chi connectivity index (χ3n) is 3.61. The number of fused-ring (bicyclic) bond motifs is 1. The van der Waals surface area contributed by atoms with E-state index in [2.05, 4.69) is 35.6 Å². The number of aliphatic imine (C=N–C) groups is 1. The Morgan fingerprint density at radius 2 is 1.94 bits per heavy atom. The van der Waals surface area contributed by atoms with Crippen LogP contribution in [0.4, 0.5) is 0 Å². The van der Waals surface area contributed by atoms with E-state index in [4.69, 9.17) is 5.73 Å². The summed E-state index contributed by atoms with van der Waals surface area (Å²) < 4.78 is 0. The Balaban J connectivity index is 1.97. The van der Waals surface area contributed by atoms with Crippen LogP contribution >= 0.6 is 0 Å². The highest BCUT2D eigenvalue weighted by molar-refractivity contribution is 5.78. The van der Waals surface area contributed by atoms with Gasteiger partial charge in [-0.25, -0.2) is 4.99 Å². The van der Waals surface area contributed by atoms with Crippen molar-refractivity contribution in [2.24, 2.45) is 10.7 Å². The molecule has 1 unspecified atom stereocenters. The van der Waals surface area contributed by atoms with Crippen molar-refractivity contribution in [2.45, 2.75) is 51.6 Å². The zero-order valence-electron chi connectivity index (χ0n) is 11.4. The van der Waals surface area contributed by atoms with Gasteiger partial charge in [-0.3, -0.25) is 4.90 Å². The summed E-state index contributed by atoms with van der Waals surface area (Å²) in [6, 6.07) is 0.700. The molecule has 2 aliphatic heterocycles. The van der Waals surface area contributed by atoms with Crippen LogP contribution in [0.1, 0.15) is 40.0 Å². The van der Waals surface area contributed by atoms with Crippen LogP contribution in [-0.4, -0.2) is 53.5 Å². The lowest BCUT2D eigenvalue weighted by Crippen LogP contribution is -2.57. The summed E-state index contributed by atoms with van der Waals surface area (Å²) in [6.45, 7) is 10.8. The predicted molar refractivity (Wildman–Crippen MR) is 72.2 cm³/mol. The molecule has 2 rings (SSSR count). The van der Waals surface area contributed by atoms with Gasteiger partial charge < -0.3 is 10.6 Å². The molecule has 0 aromatic carbocycles. The van der Waals surface area contributed by atoms with Crippen LogP contribution in [-0.2, 0) is 0 Å². The molecule has 0 radical (unpaired) electrons. The zero-order chi connectivity index (χ0) is 12.5. The minimum Gasteiger partial charge on any atom is -0.370 e. The van der Waals surface area contributed by atoms with Gasteiger partial charge in [0.1, 0.15) is 0 Å². The second-order valence-electron chi connectivity index (χ2n) is 6.27. The Morgan fingerprint density at radius 3 is 2.65 bits per heavy atom. The third kappa shape index (κ3) is 3.35. The monoisotopic (exact) mass is 238 g/mol. The highest BCUT2D eigenvalue weighted by Gasteiger charge is 2.29. The molecule has 1 atom stereocenters. The molecule has 0 spiro atoms. The highest BCUT2D eigenvalue weighted by Crippen LogP contribution is 2.21. The number of hydrogen-bond acceptors (Lipinski definition) is 2. The van der Waals surface area contributed by atoms with Crippen LogP contribution in [0, 0.1) is 0 Å². The average molecular weight is 238 g/mol. The van der Waals surface area contributed by atoms with E-state index in [1.807, 2.05) is 0 Å². The van der Waals surface area contributed by atoms with Crippen LogP contribution < -0.4 is 5.73 Å². The smallest absolute Gasteiger partial charge is 0.191 e. The van der Waals surface area contributed by atoms with E-state index in [1.54, 1.807) is 0 Å². The van der Waals surface area contributed by atoms with Crippen molar-refractivity contribution in [2.75, 3.05) is 26.2 Å². The molecule has 98 valence electrons. The van der Waals surface area contributed by atoms with Crippen LogP contribution in [0.2, 0.25) is 0 Å². The summed E-state index contributed by atoms with van der Waals surface area (Å²) in [5, 5.41) is 0. The van der Waals surface area contributed by atoms with Crippen molar-refractivity contribution in [1.29, 1.82) is 0 Å². The first-order valence-corrected chi connectivity index (χ1v) is 6.80. The van der Waals surface area contributed by atoms with Crippen molar-refractivity contribution in [1.82, 2.24) is 9.80 Å². The van der Waals surface area contributed by atoms with Crippen molar-refractivity contribution >= 4 is 5.96 Å². The second-order valence-corrected chi connectivity index (χ2v) is 6.27. The van der Waals surface area contributed by atoms with E-state index in [0.717, 1.165) is 25.6 Å². The Bertz CT molecular complexity index is 292. The SMILES string of the molecule is CC(C)(C)N=C(N)N1CCN2CCCCC2C1. The summed E-state index contributed by atoms with van der Waals surface area (Å²) >= 11 is 0. The molecule has 2 heterocycles. The first-order valence-electron chi connectivity index (χ1n) is 6.80. The fourth-order valence-corrected chi connectivity index (χ4v) is 2.78. The summed E-state index contributed by atoms with van der Waals surface area (Å²) in [7, 11) is 0. The van der Waals surface area contributed by atoms with Gasteiger partial charge in [0.25, 0.3) is 0 Å². The van der Waals surface area contributed by atoms with E-state index in [1.165, 1.54) is 25.8 Å². The fourth-order valence-electron chi connectivity index (χ4n) is 2.78. The molecular weight excluding hydrogens is 212 g/mol. The van der Waals surface area contributed by atoms with E-state index >= 15 is 0 Å². The molecule has 4 nitrogen and oxygen atoms in total. The molecule has 4 heteroatoms. The predicted octanol–water partition coefficient (Wildman–Crippen LogP) is 1.27. The molecule has 0 aromatic rings. The molecule has 0 amide bonds. The molecule has 2 N–H and O–H groups in total. The lowest BCUT2D eigenvalue weighted by atomic mass is 10.00. The number of nitrogens with two attached hydrogens (primary N) is 1. The highest BCUT2D eigenvalue weighted by atomic mass is 15.3. The largest absolute Gasteiger partial charge is 0.370 e. The van der Waals surface area contributed by atoms with Gasteiger partial charge in [0.05, 0.1) is 5.54 Å². The van der Waals surface area contributed by atoms with Gasteiger partial charge in [0.15, 0.2) is 5.96 Å². The molecule has 2 fully saturated rings. The normalized spacial score (nSPS) is 28.1. The minimum atomic E-state index is -0.0756. The molecule has 0 aliphatic carbocycles. The number of piperidine rings is 1. The average Bonchev–Trinajstić information content (AvgIpc) is 2.26. The van der Waals surface area contributed by atoms with Crippen molar-refractivity contribution in [3.8, 4) is 0 Å². The van der Waals surface area contributed by atoms with E-state index in [9.17, 15) is 0 Å². The third-order valence-corrected chi connectivity index (χ3v) is 3.61. The summed E-state index contributed by atoms with van der Waals surface area (Å²) in [4.78, 5) is 9.45. The zero-order valence-corrected chi connectivity index (χ0v) is 11.4. The standard InChI is InChI=1S/C13H26N4/c1-13(2,3)15-12(14)17-9-8-16-7-5-4-6-11(16)10-17/h11H,4-10H2,1-3H3,(H2,14,15). The van der Waals surface area contributed by atoms with Crippen molar-refractivity contribution in [3.63, 3.8) is 0 Å². The number of nitrogens with zero attached hydrogens (tertiary/aromatic N) is 3. The first kappa shape index (κ1) is 12.7. The van der Waals surface area contributed by atoms with Crippen LogP contribution in [0.25, 0.3) is 0 Å². The van der Waals surface area contributed by atoms with Crippen LogP contribution in [0.3, 0.4) is 0 Å². The minimum absolute atomic E-state index is 0.0756. The van der Waals surface area contributed by atoms with Crippen LogP contribution in [0.5, 0.6) is 0 Å². The van der Waals surface area contributed by atoms with Gasteiger partial charge in [-0.15, -0.1) is 0 Å². The van der Waals surface area contributed by atoms with E-state index in [0.29, 0.717) is 6.04 Å². The molecule has 2 saturated heterocycles. The number of hydrogen-bond donors (Lipinski definition) is 1. The Hall–Kier alpha value is -0.770.